The van der Waals surface area contributed by atoms with Crippen LogP contribution in [0.5, 0.6) is 0 Å². The van der Waals surface area contributed by atoms with Crippen molar-refractivity contribution in [1.82, 2.24) is 0 Å². The van der Waals surface area contributed by atoms with Crippen molar-refractivity contribution in [3.05, 3.63) is 23.5 Å². The van der Waals surface area contributed by atoms with E-state index in [-0.39, 0.29) is 0 Å². The average molecular weight is 313 g/mol. The molecule has 1 aliphatic carbocycles. The second kappa shape index (κ2) is 7.36. The quantitative estimate of drug-likeness (QED) is 0.739. The average Bonchev–Trinajstić information content (AvgIpc) is 3.10. The molecule has 18 heavy (non-hydrogen) atoms. The minimum atomic E-state index is 0.521. The summed E-state index contributed by atoms with van der Waals surface area (Å²) in [5, 5.41) is 0. The first kappa shape index (κ1) is 15.0. The summed E-state index contributed by atoms with van der Waals surface area (Å²) in [6.07, 6.45) is 5.83. The molecule has 0 aromatic carbocycles. The first-order valence-corrected chi connectivity index (χ1v) is 6.88. The monoisotopic (exact) mass is 312 g/mol. The predicted molar refractivity (Wildman–Crippen MR) is 82.1 cm³/mol. The maximum absolute atomic E-state index is 5.88. The summed E-state index contributed by atoms with van der Waals surface area (Å²) in [4.78, 5) is 8.92. The van der Waals surface area contributed by atoms with Gasteiger partial charge in [0.05, 0.1) is 6.54 Å². The third-order valence-electron chi connectivity index (χ3n) is 2.73. The number of nitrogens with two attached hydrogens (primary N) is 2. The van der Waals surface area contributed by atoms with Gasteiger partial charge in [0.15, 0.2) is 0 Å². The fourth-order valence-corrected chi connectivity index (χ4v) is 1.94. The van der Waals surface area contributed by atoms with Crippen molar-refractivity contribution < 1.29 is 0 Å². The maximum Gasteiger partial charge on any atom is 0.107 e. The third kappa shape index (κ3) is 5.49. The lowest BCUT2D eigenvalue weighted by molar-refractivity contribution is 0.850. The second-order valence-corrected chi connectivity index (χ2v) is 5.30. The Labute approximate surface area is 117 Å². The van der Waals surface area contributed by atoms with Crippen molar-refractivity contribution in [3.8, 4) is 0 Å². The molecule has 0 atom stereocenters. The van der Waals surface area contributed by atoms with Crippen molar-refractivity contribution >= 4 is 26.3 Å². The number of aliphatic imine (C=N–C) groups is 2. The smallest absolute Gasteiger partial charge is 0.107 e. The molecule has 1 aliphatic rings. The van der Waals surface area contributed by atoms with Gasteiger partial charge in [0.1, 0.15) is 4.62 Å². The zero-order chi connectivity index (χ0) is 13.5. The standard InChI is InChI=1S/C13H21BrN4/c1-9(5-6-15)17-8-12(10(2)16)13(14)18-7-11-3-4-11/h5-6,11H,3-4,7-8,15-16H2,1-2H3. The van der Waals surface area contributed by atoms with Crippen molar-refractivity contribution in [2.45, 2.75) is 26.7 Å². The van der Waals surface area contributed by atoms with Crippen LogP contribution in [0.3, 0.4) is 0 Å². The van der Waals surface area contributed by atoms with Crippen molar-refractivity contribution in [2.24, 2.45) is 27.4 Å². The first-order chi connectivity index (χ1) is 8.54. The molecule has 0 bridgehead atoms. The van der Waals surface area contributed by atoms with Crippen LogP contribution in [0.4, 0.5) is 0 Å². The van der Waals surface area contributed by atoms with Gasteiger partial charge in [-0.3, -0.25) is 9.98 Å². The van der Waals surface area contributed by atoms with Gasteiger partial charge in [0.25, 0.3) is 0 Å². The third-order valence-corrected chi connectivity index (χ3v) is 3.46. The summed E-state index contributed by atoms with van der Waals surface area (Å²) in [6, 6.07) is 0. The lowest BCUT2D eigenvalue weighted by atomic mass is 10.2. The Morgan fingerprint density at radius 1 is 1.33 bits per heavy atom. The highest BCUT2D eigenvalue weighted by atomic mass is 79.9. The van der Waals surface area contributed by atoms with Crippen LogP contribution in [-0.4, -0.2) is 23.4 Å². The summed E-state index contributed by atoms with van der Waals surface area (Å²) in [7, 11) is 0. The number of hydrogen-bond acceptors (Lipinski definition) is 4. The summed E-state index contributed by atoms with van der Waals surface area (Å²) in [6.45, 7) is 5.17. The molecule has 0 aromatic rings. The molecule has 0 heterocycles. The van der Waals surface area contributed by atoms with Crippen LogP contribution in [0, 0.1) is 5.92 Å². The van der Waals surface area contributed by atoms with E-state index in [2.05, 4.69) is 25.9 Å². The SMILES string of the molecule is CC(C=CN)=NCC(C(Br)=NCC1CC1)=C(C)N. The molecule has 0 spiro atoms. The van der Waals surface area contributed by atoms with E-state index in [4.69, 9.17) is 11.5 Å². The molecule has 1 saturated carbocycles. The Hall–Kier alpha value is -1.10. The second-order valence-electron chi connectivity index (χ2n) is 4.55. The molecule has 0 unspecified atom stereocenters. The Morgan fingerprint density at radius 3 is 2.50 bits per heavy atom. The Balaban J connectivity index is 2.68. The van der Waals surface area contributed by atoms with Gasteiger partial charge in [-0.05, 0) is 60.8 Å². The van der Waals surface area contributed by atoms with Crippen LogP contribution in [0.25, 0.3) is 0 Å². The highest BCUT2D eigenvalue weighted by Crippen LogP contribution is 2.29. The number of hydrogen-bond donors (Lipinski definition) is 2. The van der Waals surface area contributed by atoms with E-state index in [0.29, 0.717) is 6.54 Å². The molecule has 4 nitrogen and oxygen atoms in total. The zero-order valence-electron chi connectivity index (χ0n) is 11.0. The van der Waals surface area contributed by atoms with Crippen LogP contribution in [0.2, 0.25) is 0 Å². The maximum atomic E-state index is 5.88. The molecule has 1 rings (SSSR count). The summed E-state index contributed by atoms with van der Waals surface area (Å²) in [5.41, 5.74) is 13.8. The summed E-state index contributed by atoms with van der Waals surface area (Å²) < 4.78 is 0.822. The molecule has 5 heteroatoms. The molecule has 1 fully saturated rings. The van der Waals surface area contributed by atoms with Crippen LogP contribution < -0.4 is 11.5 Å². The van der Waals surface area contributed by atoms with Gasteiger partial charge in [-0.25, -0.2) is 0 Å². The number of allylic oxidation sites excluding steroid dienone is 2. The van der Waals surface area contributed by atoms with Gasteiger partial charge < -0.3 is 11.5 Å². The topological polar surface area (TPSA) is 76.8 Å². The fraction of sp³-hybridized carbons (Fsp3) is 0.538. The molecule has 0 amide bonds. The molecule has 100 valence electrons. The molecular weight excluding hydrogens is 292 g/mol. The lowest BCUT2D eigenvalue weighted by Crippen LogP contribution is -2.09. The Bertz CT molecular complexity index is 399. The van der Waals surface area contributed by atoms with Crippen LogP contribution in [-0.2, 0) is 0 Å². The molecule has 0 saturated heterocycles. The lowest BCUT2D eigenvalue weighted by Gasteiger charge is -2.06. The molecule has 0 aromatic heterocycles. The van der Waals surface area contributed by atoms with E-state index in [1.165, 1.54) is 19.0 Å². The van der Waals surface area contributed by atoms with Gasteiger partial charge in [-0.2, -0.15) is 0 Å². The Morgan fingerprint density at radius 2 is 2.00 bits per heavy atom. The normalized spacial score (nSPS) is 19.3. The molecule has 0 aliphatic heterocycles. The molecule has 0 radical (unpaired) electrons. The van der Waals surface area contributed by atoms with Crippen molar-refractivity contribution in [2.75, 3.05) is 13.1 Å². The van der Waals surface area contributed by atoms with Gasteiger partial charge in [-0.15, -0.1) is 0 Å². The van der Waals surface area contributed by atoms with Crippen molar-refractivity contribution in [1.29, 1.82) is 0 Å². The van der Waals surface area contributed by atoms with Gasteiger partial charge in [-0.1, -0.05) is 0 Å². The summed E-state index contributed by atoms with van der Waals surface area (Å²) >= 11 is 3.49. The van der Waals surface area contributed by atoms with E-state index in [1.54, 1.807) is 6.08 Å². The van der Waals surface area contributed by atoms with Gasteiger partial charge in [0, 0.05) is 23.5 Å². The van der Waals surface area contributed by atoms with Crippen molar-refractivity contribution in [3.63, 3.8) is 0 Å². The number of nitrogens with zero attached hydrogens (tertiary/aromatic N) is 2. The van der Waals surface area contributed by atoms with Gasteiger partial charge in [0.2, 0.25) is 0 Å². The summed E-state index contributed by atoms with van der Waals surface area (Å²) in [5.74, 6) is 0.766. The first-order valence-electron chi connectivity index (χ1n) is 6.09. The molecular formula is C13H21BrN4. The number of halogens is 1. The number of rotatable bonds is 6. The predicted octanol–water partition coefficient (Wildman–Crippen LogP) is 2.36. The highest BCUT2D eigenvalue weighted by molar-refractivity contribution is 9.18. The fourth-order valence-electron chi connectivity index (χ4n) is 1.35. The van der Waals surface area contributed by atoms with Crippen LogP contribution in [0.15, 0.2) is 33.5 Å². The van der Waals surface area contributed by atoms with Gasteiger partial charge >= 0.3 is 0 Å². The minimum absolute atomic E-state index is 0.521. The van der Waals surface area contributed by atoms with Crippen LogP contribution in [0.1, 0.15) is 26.7 Å². The highest BCUT2D eigenvalue weighted by Gasteiger charge is 2.20. The van der Waals surface area contributed by atoms with E-state index in [0.717, 1.165) is 34.1 Å². The van der Waals surface area contributed by atoms with E-state index >= 15 is 0 Å². The van der Waals surface area contributed by atoms with E-state index in [1.807, 2.05) is 13.8 Å². The zero-order valence-corrected chi connectivity index (χ0v) is 12.6. The van der Waals surface area contributed by atoms with Crippen LogP contribution >= 0.6 is 15.9 Å². The minimum Gasteiger partial charge on any atom is -0.405 e. The Kier molecular flexibility index (Phi) is 6.12. The van der Waals surface area contributed by atoms with E-state index in [9.17, 15) is 0 Å². The molecule has 4 N–H and O–H groups in total. The van der Waals surface area contributed by atoms with E-state index < -0.39 is 0 Å². The largest absolute Gasteiger partial charge is 0.405 e.